The van der Waals surface area contributed by atoms with Gasteiger partial charge in [0.05, 0.1) is 12.9 Å². The first-order valence-corrected chi connectivity index (χ1v) is 8.92. The number of rotatable bonds is 6. The van der Waals surface area contributed by atoms with Crippen molar-refractivity contribution in [2.45, 2.75) is 13.2 Å². The molecule has 2 aromatic heterocycles. The minimum absolute atomic E-state index is 0.0687. The summed E-state index contributed by atoms with van der Waals surface area (Å²) >= 11 is 0. The van der Waals surface area contributed by atoms with E-state index >= 15 is 0 Å². The van der Waals surface area contributed by atoms with Crippen molar-refractivity contribution in [3.63, 3.8) is 0 Å². The largest absolute Gasteiger partial charge is 0.489 e. The van der Waals surface area contributed by atoms with Crippen LogP contribution in [0.25, 0.3) is 11.2 Å². The zero-order chi connectivity index (χ0) is 20.2. The number of nitrogens with zero attached hydrogens (tertiary/aromatic N) is 5. The molecule has 0 amide bonds. The fourth-order valence-electron chi connectivity index (χ4n) is 2.93. The van der Waals surface area contributed by atoms with Gasteiger partial charge in [0.15, 0.2) is 22.9 Å². The van der Waals surface area contributed by atoms with Crippen LogP contribution in [-0.2, 0) is 13.2 Å². The van der Waals surface area contributed by atoms with Gasteiger partial charge in [0.25, 0.3) is 0 Å². The zero-order valence-corrected chi connectivity index (χ0v) is 15.6. The summed E-state index contributed by atoms with van der Waals surface area (Å²) in [6.45, 7) is 1.03. The minimum Gasteiger partial charge on any atom is -0.489 e. The molecule has 2 aromatic carbocycles. The van der Waals surface area contributed by atoms with Crippen molar-refractivity contribution in [3.05, 3.63) is 72.1 Å². The second-order valence-electron chi connectivity index (χ2n) is 6.41. The van der Waals surface area contributed by atoms with Gasteiger partial charge < -0.3 is 26.5 Å². The molecule has 0 atom stereocenters. The van der Waals surface area contributed by atoms with Crippen molar-refractivity contribution in [3.8, 4) is 5.75 Å². The number of guanidine groups is 1. The lowest BCUT2D eigenvalue weighted by molar-refractivity contribution is 0.306. The highest BCUT2D eigenvalue weighted by molar-refractivity contribution is 5.87. The molecule has 0 unspecified atom stereocenters. The molecule has 6 N–H and O–H groups in total. The van der Waals surface area contributed by atoms with Crippen LogP contribution in [0.5, 0.6) is 5.75 Å². The van der Waals surface area contributed by atoms with E-state index in [-0.39, 0.29) is 17.7 Å². The molecule has 29 heavy (non-hydrogen) atoms. The Morgan fingerprint density at radius 3 is 2.59 bits per heavy atom. The number of nitrogen functional groups attached to an aromatic ring is 1. The van der Waals surface area contributed by atoms with Crippen LogP contribution in [-0.4, -0.2) is 25.5 Å². The van der Waals surface area contributed by atoms with E-state index in [0.29, 0.717) is 24.3 Å². The lowest BCUT2D eigenvalue weighted by Crippen LogP contribution is -2.22. The van der Waals surface area contributed by atoms with Gasteiger partial charge in [0.2, 0.25) is 5.95 Å². The van der Waals surface area contributed by atoms with Crippen molar-refractivity contribution in [1.82, 2.24) is 19.5 Å². The summed E-state index contributed by atoms with van der Waals surface area (Å²) in [6, 6.07) is 17.9. The van der Waals surface area contributed by atoms with Gasteiger partial charge in [-0.15, -0.1) is 0 Å². The molecule has 0 fully saturated rings. The molecule has 0 bridgehead atoms. The van der Waals surface area contributed by atoms with E-state index in [9.17, 15) is 0 Å². The number of anilines is 1. The lowest BCUT2D eigenvalue weighted by atomic mass is 10.2. The van der Waals surface area contributed by atoms with E-state index in [1.807, 2.05) is 59.2 Å². The molecule has 0 saturated heterocycles. The molecule has 0 spiro atoms. The van der Waals surface area contributed by atoms with Crippen LogP contribution in [0.3, 0.4) is 0 Å². The molecule has 9 nitrogen and oxygen atoms in total. The van der Waals surface area contributed by atoms with Gasteiger partial charge in [0, 0.05) is 0 Å². The fourth-order valence-corrected chi connectivity index (χ4v) is 2.93. The number of aliphatic imine (C=N–C) groups is 1. The fraction of sp³-hybridized carbons (Fsp3) is 0.100. The van der Waals surface area contributed by atoms with Crippen LogP contribution in [0, 0.1) is 0 Å². The summed E-state index contributed by atoms with van der Waals surface area (Å²) in [5.74, 6) is 0.971. The third kappa shape index (κ3) is 4.24. The highest BCUT2D eigenvalue weighted by Crippen LogP contribution is 2.23. The summed E-state index contributed by atoms with van der Waals surface area (Å²) in [7, 11) is 0. The number of imidazole rings is 1. The first-order chi connectivity index (χ1) is 14.1. The molecule has 0 radical (unpaired) electrons. The van der Waals surface area contributed by atoms with E-state index in [1.54, 1.807) is 6.33 Å². The number of fused-ring (bicyclic) bond motifs is 1. The summed E-state index contributed by atoms with van der Waals surface area (Å²) in [5.41, 5.74) is 19.9. The number of hydrogen-bond acceptors (Lipinski definition) is 6. The van der Waals surface area contributed by atoms with Gasteiger partial charge in [-0.3, -0.25) is 0 Å². The Hall–Kier alpha value is -4.14. The number of benzene rings is 2. The SMILES string of the molecule is NC(N)=Nc1nc(N)nc2c1ncn2Cc1cccc(OCc2ccccc2)c1. The predicted molar refractivity (Wildman–Crippen MR) is 112 cm³/mol. The topological polar surface area (TPSA) is 143 Å². The minimum atomic E-state index is -0.123. The first-order valence-electron chi connectivity index (χ1n) is 8.92. The quantitative estimate of drug-likeness (QED) is 0.338. The standard InChI is InChI=1S/C20H20N8O/c21-19(22)25-17-16-18(27-20(23)26-17)28(12-24-16)10-14-7-4-8-15(9-14)29-11-13-5-2-1-3-6-13/h1-9,12H,10-11H2,(H6,21,22,23,25,26,27). The van der Waals surface area contributed by atoms with Gasteiger partial charge in [0.1, 0.15) is 12.4 Å². The van der Waals surface area contributed by atoms with Crippen LogP contribution in [0.2, 0.25) is 0 Å². The number of aromatic nitrogens is 4. The van der Waals surface area contributed by atoms with E-state index in [2.05, 4.69) is 19.9 Å². The second-order valence-corrected chi connectivity index (χ2v) is 6.41. The van der Waals surface area contributed by atoms with Crippen LogP contribution < -0.4 is 21.9 Å². The Labute approximate surface area is 166 Å². The third-order valence-corrected chi connectivity index (χ3v) is 4.20. The molecule has 0 aliphatic carbocycles. The average Bonchev–Trinajstić information content (AvgIpc) is 3.10. The first kappa shape index (κ1) is 18.2. The van der Waals surface area contributed by atoms with Crippen LogP contribution in [0.15, 0.2) is 65.9 Å². The van der Waals surface area contributed by atoms with Crippen molar-refractivity contribution in [1.29, 1.82) is 0 Å². The van der Waals surface area contributed by atoms with Crippen LogP contribution in [0.1, 0.15) is 11.1 Å². The Morgan fingerprint density at radius 1 is 1.00 bits per heavy atom. The highest BCUT2D eigenvalue weighted by atomic mass is 16.5. The van der Waals surface area contributed by atoms with Gasteiger partial charge in [-0.2, -0.15) is 15.0 Å². The maximum absolute atomic E-state index is 5.91. The Bertz CT molecular complexity index is 1170. The molecule has 0 saturated carbocycles. The van der Waals surface area contributed by atoms with E-state index in [4.69, 9.17) is 21.9 Å². The molecule has 146 valence electrons. The Kier molecular flexibility index (Phi) is 4.93. The molecule has 4 rings (SSSR count). The molecule has 0 aliphatic rings. The Balaban J connectivity index is 1.57. The zero-order valence-electron chi connectivity index (χ0n) is 15.6. The van der Waals surface area contributed by atoms with Crippen LogP contribution >= 0.6 is 0 Å². The maximum atomic E-state index is 5.91. The number of ether oxygens (including phenoxy) is 1. The highest BCUT2D eigenvalue weighted by Gasteiger charge is 2.12. The average molecular weight is 388 g/mol. The second kappa shape index (κ2) is 7.85. The molecular formula is C20H20N8O. The van der Waals surface area contributed by atoms with Crippen molar-refractivity contribution in [2.24, 2.45) is 16.5 Å². The normalized spacial score (nSPS) is 10.8. The third-order valence-electron chi connectivity index (χ3n) is 4.20. The number of nitrogens with two attached hydrogens (primary N) is 3. The molecule has 0 aliphatic heterocycles. The van der Waals surface area contributed by atoms with E-state index < -0.39 is 0 Å². The molecule has 4 aromatic rings. The summed E-state index contributed by atoms with van der Waals surface area (Å²) < 4.78 is 7.76. The van der Waals surface area contributed by atoms with Crippen LogP contribution in [0.4, 0.5) is 11.8 Å². The lowest BCUT2D eigenvalue weighted by Gasteiger charge is -2.09. The van der Waals surface area contributed by atoms with E-state index in [1.165, 1.54) is 0 Å². The Morgan fingerprint density at radius 2 is 1.79 bits per heavy atom. The van der Waals surface area contributed by atoms with Gasteiger partial charge in [-0.1, -0.05) is 42.5 Å². The van der Waals surface area contributed by atoms with Crippen molar-refractivity contribution in [2.75, 3.05) is 5.73 Å². The molecular weight excluding hydrogens is 368 g/mol. The van der Waals surface area contributed by atoms with Gasteiger partial charge >= 0.3 is 0 Å². The summed E-state index contributed by atoms with van der Waals surface area (Å²) in [4.78, 5) is 16.7. The summed E-state index contributed by atoms with van der Waals surface area (Å²) in [5, 5.41) is 0. The van der Waals surface area contributed by atoms with Gasteiger partial charge in [-0.05, 0) is 23.3 Å². The number of hydrogen-bond donors (Lipinski definition) is 3. The van der Waals surface area contributed by atoms with Crippen molar-refractivity contribution < 1.29 is 4.74 Å². The van der Waals surface area contributed by atoms with Gasteiger partial charge in [-0.25, -0.2) is 4.98 Å². The predicted octanol–water partition coefficient (Wildman–Crippen LogP) is 1.94. The molecule has 2 heterocycles. The molecule has 9 heteroatoms. The summed E-state index contributed by atoms with van der Waals surface area (Å²) in [6.07, 6.45) is 1.65. The smallest absolute Gasteiger partial charge is 0.224 e. The monoisotopic (exact) mass is 388 g/mol. The maximum Gasteiger partial charge on any atom is 0.224 e. The van der Waals surface area contributed by atoms with E-state index in [0.717, 1.165) is 16.9 Å². The van der Waals surface area contributed by atoms with Crippen molar-refractivity contribution >= 4 is 28.9 Å².